The number of nitrogens with one attached hydrogen (secondary N) is 2. The molecule has 8 nitrogen and oxygen atoms in total. The van der Waals surface area contributed by atoms with Crippen LogP contribution < -0.4 is 10.6 Å². The van der Waals surface area contributed by atoms with Crippen molar-refractivity contribution in [2.45, 2.75) is 18.4 Å². The molecule has 3 aromatic rings. The Labute approximate surface area is 198 Å². The Hall–Kier alpha value is -3.62. The molecule has 1 amide bonds. The van der Waals surface area contributed by atoms with Crippen LogP contribution >= 0.6 is 0 Å². The van der Waals surface area contributed by atoms with E-state index in [0.29, 0.717) is 23.5 Å². The highest BCUT2D eigenvalue weighted by Gasteiger charge is 2.42. The number of nitrogens with zero attached hydrogens (tertiary/aromatic N) is 2. The molecule has 4 rings (SSSR count). The van der Waals surface area contributed by atoms with E-state index in [2.05, 4.69) is 20.6 Å². The van der Waals surface area contributed by atoms with Crippen molar-refractivity contribution in [3.05, 3.63) is 90.4 Å². The van der Waals surface area contributed by atoms with Crippen molar-refractivity contribution in [3.63, 3.8) is 0 Å². The Bertz CT molecular complexity index is 1030. The van der Waals surface area contributed by atoms with E-state index in [1.54, 1.807) is 48.5 Å². The molecule has 1 fully saturated rings. The minimum absolute atomic E-state index is 0.0280. The topological polar surface area (TPSA) is 113 Å². The van der Waals surface area contributed by atoms with Gasteiger partial charge in [-0.3, -0.25) is 9.78 Å². The van der Waals surface area contributed by atoms with Gasteiger partial charge >= 0.3 is 5.97 Å². The van der Waals surface area contributed by atoms with Gasteiger partial charge in [0.1, 0.15) is 6.61 Å². The number of hydrogen-bond acceptors (Lipinski definition) is 7. The zero-order valence-corrected chi connectivity index (χ0v) is 18.8. The minimum atomic E-state index is -2.00. The highest BCUT2D eigenvalue weighted by atomic mass is 16.5. The lowest BCUT2D eigenvalue weighted by Crippen LogP contribution is -2.44. The van der Waals surface area contributed by atoms with Gasteiger partial charge in [0.2, 0.25) is 11.5 Å². The highest BCUT2D eigenvalue weighted by molar-refractivity contribution is 5.92. The van der Waals surface area contributed by atoms with Crippen LogP contribution in [0.15, 0.2) is 79.3 Å². The van der Waals surface area contributed by atoms with Crippen molar-refractivity contribution >= 4 is 17.7 Å². The molecule has 34 heavy (non-hydrogen) atoms. The Kier molecular flexibility index (Phi) is 7.61. The van der Waals surface area contributed by atoms with E-state index in [1.165, 1.54) is 18.6 Å². The third-order valence-corrected chi connectivity index (χ3v) is 6.13. The molecular weight excluding hydrogens is 432 g/mol. The van der Waals surface area contributed by atoms with Crippen LogP contribution in [0, 0.1) is 11.8 Å². The first-order valence-electron chi connectivity index (χ1n) is 11.4. The van der Waals surface area contributed by atoms with E-state index in [-0.39, 0.29) is 18.4 Å². The molecule has 1 aliphatic heterocycles. The summed E-state index contributed by atoms with van der Waals surface area (Å²) in [5.41, 5.74) is -1.21. The summed E-state index contributed by atoms with van der Waals surface area (Å²) < 4.78 is 5.68. The number of hydrogen-bond donors (Lipinski definition) is 3. The van der Waals surface area contributed by atoms with E-state index in [1.807, 2.05) is 12.1 Å². The number of anilines is 1. The lowest BCUT2D eigenvalue weighted by atomic mass is 9.85. The average Bonchev–Trinajstić information content (AvgIpc) is 2.90. The van der Waals surface area contributed by atoms with Crippen LogP contribution in [0.4, 0.5) is 5.82 Å². The summed E-state index contributed by atoms with van der Waals surface area (Å²) in [6.45, 7) is 1.35. The fourth-order valence-corrected chi connectivity index (χ4v) is 4.26. The Morgan fingerprint density at radius 3 is 2.32 bits per heavy atom. The molecule has 1 saturated heterocycles. The zero-order valence-electron chi connectivity index (χ0n) is 18.8. The second-order valence-electron chi connectivity index (χ2n) is 8.33. The summed E-state index contributed by atoms with van der Waals surface area (Å²) in [5.74, 6) is -1.44. The molecule has 0 bridgehead atoms. The van der Waals surface area contributed by atoms with E-state index in [9.17, 15) is 14.7 Å². The summed E-state index contributed by atoms with van der Waals surface area (Å²) in [6, 6.07) is 17.3. The molecule has 2 atom stereocenters. The van der Waals surface area contributed by atoms with Crippen molar-refractivity contribution in [2.75, 3.05) is 25.0 Å². The van der Waals surface area contributed by atoms with Gasteiger partial charge in [-0.05, 0) is 43.0 Å². The average molecular weight is 461 g/mol. The van der Waals surface area contributed by atoms with Crippen molar-refractivity contribution in [1.82, 2.24) is 15.3 Å². The fraction of sp³-hybridized carbons (Fsp3) is 0.308. The number of aliphatic hydroxyl groups is 1. The molecule has 0 saturated carbocycles. The van der Waals surface area contributed by atoms with E-state index in [0.717, 1.165) is 19.4 Å². The molecule has 8 heteroatoms. The number of amides is 1. The van der Waals surface area contributed by atoms with Crippen molar-refractivity contribution in [2.24, 2.45) is 11.8 Å². The smallest absolute Gasteiger partial charge is 0.347 e. The second-order valence-corrected chi connectivity index (χ2v) is 8.33. The SMILES string of the molecule is O=C(Nc1cnccn1)C(COC(=O)C(O)(c1ccccc1)c1ccccc1)[C@H]1CCCNC1. The number of piperidine rings is 1. The molecule has 2 heterocycles. The molecule has 176 valence electrons. The number of carbonyl (C=O) groups is 2. The van der Waals surface area contributed by atoms with Gasteiger partial charge in [-0.2, -0.15) is 0 Å². The lowest BCUT2D eigenvalue weighted by Gasteiger charge is -2.31. The van der Waals surface area contributed by atoms with E-state index >= 15 is 0 Å². The third-order valence-electron chi connectivity index (χ3n) is 6.13. The van der Waals surface area contributed by atoms with Gasteiger partial charge in [-0.25, -0.2) is 9.78 Å². The van der Waals surface area contributed by atoms with Crippen LogP contribution in [0.5, 0.6) is 0 Å². The minimum Gasteiger partial charge on any atom is -0.462 e. The molecular formula is C26H28N4O4. The number of aromatic nitrogens is 2. The van der Waals surface area contributed by atoms with Crippen molar-refractivity contribution in [1.29, 1.82) is 0 Å². The Balaban J connectivity index is 1.56. The first-order valence-corrected chi connectivity index (χ1v) is 11.4. The maximum absolute atomic E-state index is 13.4. The molecule has 1 unspecified atom stereocenters. The molecule has 0 spiro atoms. The molecule has 1 aliphatic rings. The third kappa shape index (κ3) is 5.30. The monoisotopic (exact) mass is 460 g/mol. The summed E-state index contributed by atoms with van der Waals surface area (Å²) in [7, 11) is 0. The predicted octanol–water partition coefficient (Wildman–Crippen LogP) is 2.51. The maximum atomic E-state index is 13.4. The van der Waals surface area contributed by atoms with Gasteiger partial charge in [-0.15, -0.1) is 0 Å². The second kappa shape index (κ2) is 11.0. The molecule has 0 radical (unpaired) electrons. The van der Waals surface area contributed by atoms with Gasteiger partial charge < -0.3 is 20.5 Å². The molecule has 1 aromatic heterocycles. The first-order chi connectivity index (χ1) is 16.6. The van der Waals surface area contributed by atoms with Crippen LogP contribution in [0.3, 0.4) is 0 Å². The van der Waals surface area contributed by atoms with Crippen molar-refractivity contribution in [3.8, 4) is 0 Å². The summed E-state index contributed by atoms with van der Waals surface area (Å²) >= 11 is 0. The van der Waals surface area contributed by atoms with Crippen molar-refractivity contribution < 1.29 is 19.4 Å². The maximum Gasteiger partial charge on any atom is 0.347 e. The van der Waals surface area contributed by atoms with Crippen LogP contribution in [0.1, 0.15) is 24.0 Å². The summed E-state index contributed by atoms with van der Waals surface area (Å²) in [5, 5.41) is 17.7. The van der Waals surface area contributed by atoms with Gasteiger partial charge in [0.15, 0.2) is 5.82 Å². The summed E-state index contributed by atoms with van der Waals surface area (Å²) in [4.78, 5) is 34.6. The van der Waals surface area contributed by atoms with Crippen LogP contribution in [0.25, 0.3) is 0 Å². The zero-order chi connectivity index (χ0) is 23.8. The fourth-order valence-electron chi connectivity index (χ4n) is 4.26. The number of esters is 1. The summed E-state index contributed by atoms with van der Waals surface area (Å²) in [6.07, 6.45) is 6.22. The quantitative estimate of drug-likeness (QED) is 0.443. The normalized spacial score (nSPS) is 16.9. The number of benzene rings is 2. The van der Waals surface area contributed by atoms with Crippen LogP contribution in [-0.2, 0) is 19.9 Å². The highest BCUT2D eigenvalue weighted by Crippen LogP contribution is 2.32. The number of carbonyl (C=O) groups excluding carboxylic acids is 2. The molecule has 0 aliphatic carbocycles. The largest absolute Gasteiger partial charge is 0.462 e. The molecule has 2 aromatic carbocycles. The predicted molar refractivity (Wildman–Crippen MR) is 127 cm³/mol. The van der Waals surface area contributed by atoms with Crippen LogP contribution in [0.2, 0.25) is 0 Å². The van der Waals surface area contributed by atoms with E-state index in [4.69, 9.17) is 4.74 Å². The van der Waals surface area contributed by atoms with E-state index < -0.39 is 17.5 Å². The van der Waals surface area contributed by atoms with Crippen LogP contribution in [-0.4, -0.2) is 46.6 Å². The standard InChI is InChI=1S/C26H28N4O4/c31-24(30-23-17-28-14-15-29-23)22(19-8-7-13-27-16-19)18-34-25(32)26(33,20-9-3-1-4-10-20)21-11-5-2-6-12-21/h1-6,9-12,14-15,17,19,22,27,33H,7-8,13,16,18H2,(H,29,30,31)/t19-,22?/m0/s1. The first kappa shape index (κ1) is 23.5. The number of ether oxygens (including phenoxy) is 1. The Morgan fingerprint density at radius 1 is 1.09 bits per heavy atom. The number of rotatable bonds is 8. The lowest BCUT2D eigenvalue weighted by molar-refractivity contribution is -0.164. The Morgan fingerprint density at radius 2 is 1.76 bits per heavy atom. The van der Waals surface area contributed by atoms with Gasteiger partial charge in [0, 0.05) is 12.4 Å². The van der Waals surface area contributed by atoms with Gasteiger partial charge in [0.05, 0.1) is 12.1 Å². The molecule has 3 N–H and O–H groups in total. The van der Waals surface area contributed by atoms with Gasteiger partial charge in [-0.1, -0.05) is 60.7 Å². The van der Waals surface area contributed by atoms with Gasteiger partial charge in [0.25, 0.3) is 0 Å².